The molecule has 4 heteroatoms. The van der Waals surface area contributed by atoms with Crippen LogP contribution < -0.4 is 5.73 Å². The third-order valence-corrected chi connectivity index (χ3v) is 4.56. The van der Waals surface area contributed by atoms with Crippen LogP contribution in [0.3, 0.4) is 0 Å². The quantitative estimate of drug-likeness (QED) is 0.788. The third-order valence-electron chi connectivity index (χ3n) is 4.56. The van der Waals surface area contributed by atoms with Crippen LogP contribution in [0.25, 0.3) is 0 Å². The van der Waals surface area contributed by atoms with E-state index in [1.54, 1.807) is 0 Å². The molecule has 110 valence electrons. The van der Waals surface area contributed by atoms with E-state index in [-0.39, 0.29) is 29.6 Å². The number of nitrogens with two attached hydrogens (primary N) is 1. The zero-order valence-electron chi connectivity index (χ0n) is 12.7. The fourth-order valence-electron chi connectivity index (χ4n) is 3.60. The average Bonchev–Trinajstić information content (AvgIpc) is 2.29. The van der Waals surface area contributed by atoms with Crippen LogP contribution >= 0.6 is 0 Å². The van der Waals surface area contributed by atoms with Crippen molar-refractivity contribution in [3.8, 4) is 0 Å². The van der Waals surface area contributed by atoms with Gasteiger partial charge in [0.2, 0.25) is 5.91 Å². The maximum Gasteiger partial charge on any atom is 0.226 e. The smallest absolute Gasteiger partial charge is 0.226 e. The second kappa shape index (κ2) is 5.41. The summed E-state index contributed by atoms with van der Waals surface area (Å²) in [7, 11) is 0. The molecule has 0 bridgehead atoms. The van der Waals surface area contributed by atoms with Gasteiger partial charge < -0.3 is 15.4 Å². The minimum Gasteiger partial charge on any atom is -0.369 e. The molecule has 1 heterocycles. The molecule has 0 aromatic heterocycles. The summed E-state index contributed by atoms with van der Waals surface area (Å²) in [4.78, 5) is 14.8. The summed E-state index contributed by atoms with van der Waals surface area (Å²) in [5.74, 6) is 0.679. The van der Waals surface area contributed by atoms with E-state index in [0.717, 1.165) is 19.3 Å². The van der Waals surface area contributed by atoms with Gasteiger partial charge in [-0.2, -0.15) is 0 Å². The largest absolute Gasteiger partial charge is 0.369 e. The van der Waals surface area contributed by atoms with Crippen molar-refractivity contribution < 1.29 is 9.53 Å². The highest BCUT2D eigenvalue weighted by atomic mass is 16.5. The molecule has 0 aromatic carbocycles. The zero-order valence-corrected chi connectivity index (χ0v) is 12.7. The second-order valence-electron chi connectivity index (χ2n) is 6.97. The number of rotatable bonds is 1. The molecule has 19 heavy (non-hydrogen) atoms. The molecule has 1 aliphatic heterocycles. The van der Waals surface area contributed by atoms with Crippen LogP contribution in [-0.2, 0) is 9.53 Å². The van der Waals surface area contributed by atoms with E-state index >= 15 is 0 Å². The normalized spacial score (nSPS) is 39.1. The number of hydrogen-bond donors (Lipinski definition) is 1. The summed E-state index contributed by atoms with van der Waals surface area (Å²) in [5, 5.41) is 0. The molecule has 4 unspecified atom stereocenters. The van der Waals surface area contributed by atoms with Crippen LogP contribution in [0, 0.1) is 11.8 Å². The lowest BCUT2D eigenvalue weighted by Gasteiger charge is -2.44. The zero-order chi connectivity index (χ0) is 14.2. The third kappa shape index (κ3) is 3.29. The van der Waals surface area contributed by atoms with Gasteiger partial charge in [0, 0.05) is 25.0 Å². The second-order valence-corrected chi connectivity index (χ2v) is 6.97. The van der Waals surface area contributed by atoms with Crippen molar-refractivity contribution in [2.24, 2.45) is 17.6 Å². The fourth-order valence-corrected chi connectivity index (χ4v) is 3.60. The SMILES string of the molecule is CC1CN(C(=O)C2CCCC(N)C2C)CC(C)(C)O1. The molecule has 4 nitrogen and oxygen atoms in total. The summed E-state index contributed by atoms with van der Waals surface area (Å²) >= 11 is 0. The monoisotopic (exact) mass is 268 g/mol. The number of nitrogens with zero attached hydrogens (tertiary/aromatic N) is 1. The van der Waals surface area contributed by atoms with Gasteiger partial charge in [-0.05, 0) is 39.5 Å². The number of amides is 1. The van der Waals surface area contributed by atoms with Crippen LogP contribution in [-0.4, -0.2) is 41.6 Å². The maximum absolute atomic E-state index is 12.8. The van der Waals surface area contributed by atoms with Crippen molar-refractivity contribution in [2.75, 3.05) is 13.1 Å². The minimum absolute atomic E-state index is 0.102. The summed E-state index contributed by atoms with van der Waals surface area (Å²) in [5.41, 5.74) is 5.88. The lowest BCUT2D eigenvalue weighted by atomic mass is 9.76. The molecule has 1 saturated carbocycles. The van der Waals surface area contributed by atoms with Crippen LogP contribution in [0.5, 0.6) is 0 Å². The standard InChI is InChI=1S/C15H28N2O2/c1-10-8-17(9-15(3,4)19-10)14(18)12-6-5-7-13(16)11(12)2/h10-13H,5-9,16H2,1-4H3. The molecule has 0 aromatic rings. The fraction of sp³-hybridized carbons (Fsp3) is 0.933. The lowest BCUT2D eigenvalue weighted by molar-refractivity contribution is -0.164. The highest BCUT2D eigenvalue weighted by Crippen LogP contribution is 2.32. The Labute approximate surface area is 116 Å². The van der Waals surface area contributed by atoms with Gasteiger partial charge in [-0.1, -0.05) is 13.3 Å². The maximum atomic E-state index is 12.8. The molecule has 2 rings (SSSR count). The van der Waals surface area contributed by atoms with Gasteiger partial charge in [-0.25, -0.2) is 0 Å². The van der Waals surface area contributed by atoms with Crippen molar-refractivity contribution in [3.63, 3.8) is 0 Å². The number of ether oxygens (including phenoxy) is 1. The molecule has 0 spiro atoms. The molecule has 2 fully saturated rings. The molecule has 1 amide bonds. The summed E-state index contributed by atoms with van der Waals surface area (Å²) in [6, 6.07) is 0.175. The first-order valence-corrected chi connectivity index (χ1v) is 7.52. The first kappa shape index (κ1) is 14.8. The number of carbonyl (C=O) groups is 1. The predicted molar refractivity (Wildman–Crippen MR) is 75.7 cm³/mol. The predicted octanol–water partition coefficient (Wildman–Crippen LogP) is 1.78. The van der Waals surface area contributed by atoms with Crippen molar-refractivity contribution >= 4 is 5.91 Å². The molecular weight excluding hydrogens is 240 g/mol. The first-order valence-electron chi connectivity index (χ1n) is 7.52. The Kier molecular flexibility index (Phi) is 4.21. The molecule has 4 atom stereocenters. The van der Waals surface area contributed by atoms with Crippen LogP contribution in [0.1, 0.15) is 47.0 Å². The van der Waals surface area contributed by atoms with E-state index in [0.29, 0.717) is 19.0 Å². The average molecular weight is 268 g/mol. The Morgan fingerprint density at radius 2 is 2.00 bits per heavy atom. The Hall–Kier alpha value is -0.610. The van der Waals surface area contributed by atoms with E-state index < -0.39 is 0 Å². The van der Waals surface area contributed by atoms with Crippen LogP contribution in [0.2, 0.25) is 0 Å². The molecule has 1 aliphatic carbocycles. The van der Waals surface area contributed by atoms with Gasteiger partial charge in [0.25, 0.3) is 0 Å². The lowest BCUT2D eigenvalue weighted by Crippen LogP contribution is -2.56. The molecule has 1 saturated heterocycles. The van der Waals surface area contributed by atoms with Crippen molar-refractivity contribution in [3.05, 3.63) is 0 Å². The Balaban J connectivity index is 2.06. The van der Waals surface area contributed by atoms with Gasteiger partial charge in [0.1, 0.15) is 0 Å². The minimum atomic E-state index is -0.243. The van der Waals surface area contributed by atoms with Crippen LogP contribution in [0.4, 0.5) is 0 Å². The van der Waals surface area contributed by atoms with Gasteiger partial charge in [0.05, 0.1) is 11.7 Å². The van der Waals surface area contributed by atoms with E-state index in [2.05, 4.69) is 20.8 Å². The van der Waals surface area contributed by atoms with E-state index in [9.17, 15) is 4.79 Å². The Morgan fingerprint density at radius 3 is 2.63 bits per heavy atom. The van der Waals surface area contributed by atoms with Gasteiger partial charge >= 0.3 is 0 Å². The summed E-state index contributed by atoms with van der Waals surface area (Å²) < 4.78 is 5.87. The summed E-state index contributed by atoms with van der Waals surface area (Å²) in [6.45, 7) is 9.67. The topological polar surface area (TPSA) is 55.6 Å². The molecule has 2 aliphatic rings. The van der Waals surface area contributed by atoms with Crippen molar-refractivity contribution in [1.29, 1.82) is 0 Å². The van der Waals surface area contributed by atoms with E-state index in [4.69, 9.17) is 10.5 Å². The van der Waals surface area contributed by atoms with E-state index in [1.807, 2.05) is 11.8 Å². The Morgan fingerprint density at radius 1 is 1.32 bits per heavy atom. The van der Waals surface area contributed by atoms with Crippen molar-refractivity contribution in [2.45, 2.75) is 64.7 Å². The number of hydrogen-bond acceptors (Lipinski definition) is 3. The van der Waals surface area contributed by atoms with E-state index in [1.165, 1.54) is 0 Å². The van der Waals surface area contributed by atoms with Gasteiger partial charge in [0.15, 0.2) is 0 Å². The summed E-state index contributed by atoms with van der Waals surface area (Å²) in [6.07, 6.45) is 3.22. The highest BCUT2D eigenvalue weighted by Gasteiger charge is 2.39. The van der Waals surface area contributed by atoms with Crippen molar-refractivity contribution in [1.82, 2.24) is 4.90 Å². The van der Waals surface area contributed by atoms with Gasteiger partial charge in [-0.3, -0.25) is 4.79 Å². The van der Waals surface area contributed by atoms with Gasteiger partial charge in [-0.15, -0.1) is 0 Å². The number of carbonyl (C=O) groups excluding carboxylic acids is 1. The molecular formula is C15H28N2O2. The Bertz CT molecular complexity index is 343. The first-order chi connectivity index (χ1) is 8.80. The molecule has 0 radical (unpaired) electrons. The van der Waals surface area contributed by atoms with Crippen LogP contribution in [0.15, 0.2) is 0 Å². The highest BCUT2D eigenvalue weighted by molar-refractivity contribution is 5.79. The number of morpholine rings is 1. The molecule has 2 N–H and O–H groups in total.